The predicted molar refractivity (Wildman–Crippen MR) is 108 cm³/mol. The lowest BCUT2D eigenvalue weighted by molar-refractivity contribution is -0.115. The van der Waals surface area contributed by atoms with Gasteiger partial charge in [0, 0.05) is 34.7 Å². The van der Waals surface area contributed by atoms with Crippen molar-refractivity contribution in [3.8, 4) is 16.3 Å². The molecule has 4 aromatic rings. The molecule has 5 nitrogen and oxygen atoms in total. The number of nitrogens with zero attached hydrogens (tertiary/aromatic N) is 3. The van der Waals surface area contributed by atoms with Gasteiger partial charge in [0.25, 0.3) is 0 Å². The van der Waals surface area contributed by atoms with Crippen LogP contribution >= 0.6 is 11.3 Å². The van der Waals surface area contributed by atoms with E-state index in [0.29, 0.717) is 0 Å². The van der Waals surface area contributed by atoms with Gasteiger partial charge < -0.3 is 9.88 Å². The van der Waals surface area contributed by atoms with E-state index in [1.54, 1.807) is 23.9 Å². The molecule has 0 unspecified atom stereocenters. The molecule has 2 aromatic carbocycles. The van der Waals surface area contributed by atoms with E-state index >= 15 is 0 Å². The fourth-order valence-corrected chi connectivity index (χ4v) is 3.54. The first-order chi connectivity index (χ1) is 13.2. The van der Waals surface area contributed by atoms with Crippen molar-refractivity contribution in [2.45, 2.75) is 13.3 Å². The van der Waals surface area contributed by atoms with Gasteiger partial charge in [-0.25, -0.2) is 9.97 Å². The summed E-state index contributed by atoms with van der Waals surface area (Å²) >= 11 is 1.56. The second-order valence-corrected chi connectivity index (χ2v) is 7.11. The molecule has 2 aromatic heterocycles. The van der Waals surface area contributed by atoms with Crippen LogP contribution in [0.5, 0.6) is 0 Å². The lowest BCUT2D eigenvalue weighted by Gasteiger charge is -2.06. The zero-order valence-electron chi connectivity index (χ0n) is 14.8. The third-order valence-corrected chi connectivity index (χ3v) is 5.09. The van der Waals surface area contributed by atoms with Crippen LogP contribution in [0.3, 0.4) is 0 Å². The lowest BCUT2D eigenvalue weighted by Crippen LogP contribution is -2.14. The van der Waals surface area contributed by atoms with Crippen molar-refractivity contribution < 1.29 is 4.79 Å². The number of carbonyl (C=O) groups excluding carboxylic acids is 1. The van der Waals surface area contributed by atoms with E-state index in [1.165, 1.54) is 5.56 Å². The largest absolute Gasteiger partial charge is 0.326 e. The first-order valence-electron chi connectivity index (χ1n) is 8.57. The number of aryl methyl sites for hydroxylation is 1. The quantitative estimate of drug-likeness (QED) is 0.560. The van der Waals surface area contributed by atoms with E-state index in [2.05, 4.69) is 46.5 Å². The highest BCUT2D eigenvalue weighted by Gasteiger charge is 2.09. The zero-order chi connectivity index (χ0) is 18.6. The number of amides is 1. The molecule has 1 N–H and O–H groups in total. The molecule has 27 heavy (non-hydrogen) atoms. The van der Waals surface area contributed by atoms with Crippen LogP contribution in [-0.4, -0.2) is 20.4 Å². The number of aromatic nitrogens is 3. The molecule has 0 saturated heterocycles. The maximum absolute atomic E-state index is 12.3. The topological polar surface area (TPSA) is 59.8 Å². The molecule has 0 aliphatic heterocycles. The fraction of sp³-hybridized carbons (Fsp3) is 0.0952. The summed E-state index contributed by atoms with van der Waals surface area (Å²) < 4.78 is 1.91. The van der Waals surface area contributed by atoms with Gasteiger partial charge in [0.15, 0.2) is 0 Å². The average molecular weight is 374 g/mol. The van der Waals surface area contributed by atoms with Crippen LogP contribution in [-0.2, 0) is 11.2 Å². The summed E-state index contributed by atoms with van der Waals surface area (Å²) in [4.78, 5) is 20.9. The highest BCUT2D eigenvalue weighted by atomic mass is 32.1. The van der Waals surface area contributed by atoms with E-state index < -0.39 is 0 Å². The monoisotopic (exact) mass is 374 g/mol. The predicted octanol–water partition coefficient (Wildman–Crippen LogP) is 4.49. The third-order valence-electron chi connectivity index (χ3n) is 4.15. The van der Waals surface area contributed by atoms with Gasteiger partial charge in [0.1, 0.15) is 5.01 Å². The van der Waals surface area contributed by atoms with Crippen LogP contribution in [0, 0.1) is 6.92 Å². The van der Waals surface area contributed by atoms with Crippen LogP contribution in [0.2, 0.25) is 0 Å². The fourth-order valence-electron chi connectivity index (χ4n) is 2.72. The maximum Gasteiger partial charge on any atom is 0.230 e. The van der Waals surface area contributed by atoms with Crippen molar-refractivity contribution in [1.82, 2.24) is 14.5 Å². The van der Waals surface area contributed by atoms with Crippen molar-refractivity contribution >= 4 is 22.9 Å². The Morgan fingerprint density at radius 2 is 1.89 bits per heavy atom. The molecule has 0 spiro atoms. The minimum atomic E-state index is -0.0777. The summed E-state index contributed by atoms with van der Waals surface area (Å²) in [5.74, 6) is -0.0777. The number of benzene rings is 2. The second-order valence-electron chi connectivity index (χ2n) is 6.25. The SMILES string of the molecule is Cc1ccc(-c2nc(CC(=O)Nc3ccc(-n4ccnc4)cc3)cs2)cc1. The van der Waals surface area contributed by atoms with E-state index in [1.807, 2.05) is 40.4 Å². The molecule has 0 atom stereocenters. The summed E-state index contributed by atoms with van der Waals surface area (Å²) in [5, 5.41) is 5.79. The molecular weight excluding hydrogens is 356 g/mol. The molecule has 0 saturated carbocycles. The van der Waals surface area contributed by atoms with Crippen LogP contribution < -0.4 is 5.32 Å². The van der Waals surface area contributed by atoms with Crippen molar-refractivity contribution in [2.75, 3.05) is 5.32 Å². The Morgan fingerprint density at radius 3 is 2.59 bits per heavy atom. The Morgan fingerprint density at radius 1 is 1.11 bits per heavy atom. The number of rotatable bonds is 5. The normalized spacial score (nSPS) is 10.7. The van der Waals surface area contributed by atoms with E-state index in [9.17, 15) is 4.79 Å². The molecule has 0 radical (unpaired) electrons. The number of nitrogens with one attached hydrogen (secondary N) is 1. The average Bonchev–Trinajstić information content (AvgIpc) is 3.35. The Balaban J connectivity index is 1.39. The molecule has 0 aliphatic carbocycles. The number of hydrogen-bond donors (Lipinski definition) is 1. The summed E-state index contributed by atoms with van der Waals surface area (Å²) in [6.45, 7) is 2.06. The van der Waals surface area contributed by atoms with Gasteiger partial charge in [-0.1, -0.05) is 29.8 Å². The van der Waals surface area contributed by atoms with Gasteiger partial charge >= 0.3 is 0 Å². The van der Waals surface area contributed by atoms with Crippen LogP contribution in [0.1, 0.15) is 11.3 Å². The Labute approximate surface area is 161 Å². The molecule has 0 fully saturated rings. The molecule has 6 heteroatoms. The minimum Gasteiger partial charge on any atom is -0.326 e. The molecule has 4 rings (SSSR count). The van der Waals surface area contributed by atoms with Crippen molar-refractivity contribution in [1.29, 1.82) is 0 Å². The third kappa shape index (κ3) is 4.12. The van der Waals surface area contributed by atoms with Crippen molar-refractivity contribution in [3.05, 3.63) is 83.9 Å². The van der Waals surface area contributed by atoms with E-state index in [4.69, 9.17) is 0 Å². The summed E-state index contributed by atoms with van der Waals surface area (Å²) in [6.07, 6.45) is 5.60. The summed E-state index contributed by atoms with van der Waals surface area (Å²) in [5.41, 5.74) is 4.83. The maximum atomic E-state index is 12.3. The Bertz CT molecular complexity index is 1030. The second kappa shape index (κ2) is 7.55. The van der Waals surface area contributed by atoms with E-state index in [0.717, 1.165) is 27.6 Å². The Hall–Kier alpha value is -3.25. The zero-order valence-corrected chi connectivity index (χ0v) is 15.6. The molecule has 134 valence electrons. The number of anilines is 1. The van der Waals surface area contributed by atoms with Gasteiger partial charge in [-0.3, -0.25) is 4.79 Å². The number of thiazole rings is 1. The number of imidazole rings is 1. The van der Waals surface area contributed by atoms with Gasteiger partial charge in [0.05, 0.1) is 18.4 Å². The number of carbonyl (C=O) groups is 1. The molecule has 0 bridgehead atoms. The minimum absolute atomic E-state index is 0.0777. The van der Waals surface area contributed by atoms with Crippen LogP contribution in [0.15, 0.2) is 72.6 Å². The van der Waals surface area contributed by atoms with Gasteiger partial charge in [0.2, 0.25) is 5.91 Å². The standard InChI is InChI=1S/C21H18N4OS/c1-15-2-4-16(5-3-15)21-24-18(13-27-21)12-20(26)23-17-6-8-19(9-7-17)25-11-10-22-14-25/h2-11,13-14H,12H2,1H3,(H,23,26). The molecule has 2 heterocycles. The smallest absolute Gasteiger partial charge is 0.230 e. The lowest BCUT2D eigenvalue weighted by atomic mass is 10.2. The van der Waals surface area contributed by atoms with E-state index in [-0.39, 0.29) is 12.3 Å². The first-order valence-corrected chi connectivity index (χ1v) is 9.45. The summed E-state index contributed by atoms with van der Waals surface area (Å²) in [7, 11) is 0. The summed E-state index contributed by atoms with van der Waals surface area (Å²) in [6, 6.07) is 15.9. The van der Waals surface area contributed by atoms with Gasteiger partial charge in [-0.15, -0.1) is 11.3 Å². The molecular formula is C21H18N4OS. The van der Waals surface area contributed by atoms with Crippen LogP contribution in [0.4, 0.5) is 5.69 Å². The van der Waals surface area contributed by atoms with Gasteiger partial charge in [-0.05, 0) is 31.2 Å². The number of hydrogen-bond acceptors (Lipinski definition) is 4. The highest BCUT2D eigenvalue weighted by molar-refractivity contribution is 7.13. The first kappa shape index (κ1) is 17.2. The van der Waals surface area contributed by atoms with Crippen molar-refractivity contribution in [2.24, 2.45) is 0 Å². The highest BCUT2D eigenvalue weighted by Crippen LogP contribution is 2.24. The van der Waals surface area contributed by atoms with Crippen molar-refractivity contribution in [3.63, 3.8) is 0 Å². The molecule has 1 amide bonds. The molecule has 0 aliphatic rings. The van der Waals surface area contributed by atoms with Gasteiger partial charge in [-0.2, -0.15) is 0 Å². The Kier molecular flexibility index (Phi) is 4.80. The van der Waals surface area contributed by atoms with Crippen LogP contribution in [0.25, 0.3) is 16.3 Å².